The van der Waals surface area contributed by atoms with E-state index in [9.17, 15) is 9.90 Å². The van der Waals surface area contributed by atoms with Crippen LogP contribution in [0.4, 0.5) is 0 Å². The molecule has 1 atom stereocenters. The van der Waals surface area contributed by atoms with E-state index in [-0.39, 0.29) is 18.3 Å². The third-order valence-corrected chi connectivity index (χ3v) is 6.12. The molecule has 0 aliphatic carbocycles. The van der Waals surface area contributed by atoms with Crippen LogP contribution in [-0.4, -0.2) is 39.2 Å². The molecule has 0 spiro atoms. The lowest BCUT2D eigenvalue weighted by Gasteiger charge is -2.15. The van der Waals surface area contributed by atoms with Gasteiger partial charge in [0.15, 0.2) is 0 Å². The second kappa shape index (κ2) is 10.9. The number of benzene rings is 3. The van der Waals surface area contributed by atoms with Crippen molar-refractivity contribution in [3.05, 3.63) is 83.4 Å². The van der Waals surface area contributed by atoms with Gasteiger partial charge in [0.25, 0.3) is 5.89 Å². The number of carboxylic acids is 1. The minimum absolute atomic E-state index is 0. The molecule has 1 unspecified atom stereocenters. The van der Waals surface area contributed by atoms with Crippen molar-refractivity contribution in [2.24, 2.45) is 5.92 Å². The van der Waals surface area contributed by atoms with Gasteiger partial charge in [0.2, 0.25) is 5.82 Å². The molecule has 0 saturated carbocycles. The highest BCUT2D eigenvalue weighted by molar-refractivity contribution is 6.33. The molecule has 0 radical (unpaired) electrons. The number of nitrogens with zero attached hydrogens (tertiary/aromatic N) is 3. The van der Waals surface area contributed by atoms with Gasteiger partial charge < -0.3 is 14.4 Å². The van der Waals surface area contributed by atoms with Crippen molar-refractivity contribution in [3.63, 3.8) is 0 Å². The van der Waals surface area contributed by atoms with E-state index in [0.29, 0.717) is 47.6 Å². The number of ether oxygens (including phenoxy) is 1. The monoisotopic (exact) mass is 511 g/mol. The van der Waals surface area contributed by atoms with E-state index < -0.39 is 5.97 Å². The lowest BCUT2D eigenvalue weighted by atomic mass is 10.1. The van der Waals surface area contributed by atoms with Gasteiger partial charge >= 0.3 is 5.97 Å². The van der Waals surface area contributed by atoms with Crippen molar-refractivity contribution in [3.8, 4) is 34.3 Å². The molecule has 180 valence electrons. The molecule has 1 N–H and O–H groups in total. The number of likely N-dealkylation sites (tertiary alicyclic amines) is 1. The van der Waals surface area contributed by atoms with Crippen LogP contribution >= 0.6 is 24.0 Å². The number of rotatable bonds is 7. The van der Waals surface area contributed by atoms with Gasteiger partial charge in [0, 0.05) is 24.2 Å². The summed E-state index contributed by atoms with van der Waals surface area (Å²) in [6, 6.07) is 22.7. The number of aromatic nitrogens is 2. The lowest BCUT2D eigenvalue weighted by molar-refractivity contribution is -0.141. The van der Waals surface area contributed by atoms with E-state index in [4.69, 9.17) is 20.9 Å². The first-order valence-electron chi connectivity index (χ1n) is 11.0. The van der Waals surface area contributed by atoms with E-state index in [2.05, 4.69) is 15.0 Å². The van der Waals surface area contributed by atoms with Gasteiger partial charge in [-0.3, -0.25) is 9.69 Å². The second-order valence-electron chi connectivity index (χ2n) is 8.24. The summed E-state index contributed by atoms with van der Waals surface area (Å²) in [5.74, 6) is 1.23. The van der Waals surface area contributed by atoms with Gasteiger partial charge in [-0.05, 0) is 67.1 Å². The molecular weight excluding hydrogens is 489 g/mol. The summed E-state index contributed by atoms with van der Waals surface area (Å²) in [7, 11) is 0. The second-order valence-corrected chi connectivity index (χ2v) is 8.64. The van der Waals surface area contributed by atoms with Gasteiger partial charge in [-0.2, -0.15) is 4.98 Å². The molecule has 3 aromatic carbocycles. The van der Waals surface area contributed by atoms with Crippen LogP contribution < -0.4 is 4.74 Å². The number of carbonyl (C=O) groups is 1. The molecule has 2 heterocycles. The Morgan fingerprint density at radius 3 is 2.51 bits per heavy atom. The Hall–Kier alpha value is -3.39. The van der Waals surface area contributed by atoms with Gasteiger partial charge in [-0.15, -0.1) is 12.4 Å². The normalized spacial score (nSPS) is 15.5. The quantitative estimate of drug-likeness (QED) is 0.317. The Morgan fingerprint density at radius 2 is 1.83 bits per heavy atom. The van der Waals surface area contributed by atoms with Crippen molar-refractivity contribution in [2.45, 2.75) is 13.0 Å². The van der Waals surface area contributed by atoms with Gasteiger partial charge in [-0.25, -0.2) is 0 Å². The number of halogens is 2. The smallest absolute Gasteiger partial charge is 0.307 e. The van der Waals surface area contributed by atoms with Gasteiger partial charge in [0.05, 0.1) is 10.9 Å². The highest BCUT2D eigenvalue weighted by Crippen LogP contribution is 2.31. The molecule has 35 heavy (non-hydrogen) atoms. The van der Waals surface area contributed by atoms with Gasteiger partial charge in [0.1, 0.15) is 11.5 Å². The number of hydrogen-bond acceptors (Lipinski definition) is 6. The van der Waals surface area contributed by atoms with E-state index in [1.807, 2.05) is 72.8 Å². The van der Waals surface area contributed by atoms with E-state index in [1.165, 1.54) is 0 Å². The fourth-order valence-corrected chi connectivity index (χ4v) is 4.30. The molecular formula is C26H23Cl2N3O4. The maximum atomic E-state index is 11.2. The highest BCUT2D eigenvalue weighted by Gasteiger charge is 2.28. The molecule has 1 saturated heterocycles. The summed E-state index contributed by atoms with van der Waals surface area (Å²) < 4.78 is 11.3. The van der Waals surface area contributed by atoms with Crippen LogP contribution in [0.1, 0.15) is 12.0 Å². The third kappa shape index (κ3) is 5.82. The van der Waals surface area contributed by atoms with Crippen molar-refractivity contribution in [2.75, 3.05) is 13.1 Å². The van der Waals surface area contributed by atoms with Crippen LogP contribution in [0.2, 0.25) is 5.02 Å². The molecule has 1 fully saturated rings. The van der Waals surface area contributed by atoms with E-state index >= 15 is 0 Å². The van der Waals surface area contributed by atoms with Crippen LogP contribution in [-0.2, 0) is 11.3 Å². The molecule has 9 heteroatoms. The standard InChI is InChI=1S/C26H22ClN3O4.ClH/c27-23-14-17(15-30-13-12-19(16-30)26(31)32)6-11-22(23)24-28-25(34-29-24)18-7-9-21(10-8-18)33-20-4-2-1-3-5-20;/h1-11,14,19H,12-13,15-16H2,(H,31,32);1H. The zero-order chi connectivity index (χ0) is 23.5. The summed E-state index contributed by atoms with van der Waals surface area (Å²) in [5.41, 5.74) is 2.46. The predicted octanol–water partition coefficient (Wildman–Crippen LogP) is 6.18. The van der Waals surface area contributed by atoms with Crippen molar-refractivity contribution >= 4 is 30.0 Å². The molecule has 0 amide bonds. The summed E-state index contributed by atoms with van der Waals surface area (Å²) >= 11 is 6.53. The minimum atomic E-state index is -0.734. The number of hydrogen-bond donors (Lipinski definition) is 1. The van der Waals surface area contributed by atoms with Crippen molar-refractivity contribution < 1.29 is 19.2 Å². The summed E-state index contributed by atoms with van der Waals surface area (Å²) in [6.07, 6.45) is 0.673. The van der Waals surface area contributed by atoms with Crippen LogP contribution in [0, 0.1) is 5.92 Å². The largest absolute Gasteiger partial charge is 0.481 e. The predicted molar refractivity (Wildman–Crippen MR) is 135 cm³/mol. The van der Waals surface area contributed by atoms with Crippen LogP contribution in [0.25, 0.3) is 22.8 Å². The van der Waals surface area contributed by atoms with Crippen LogP contribution in [0.3, 0.4) is 0 Å². The minimum Gasteiger partial charge on any atom is -0.481 e. The third-order valence-electron chi connectivity index (χ3n) is 5.81. The highest BCUT2D eigenvalue weighted by atomic mass is 35.5. The summed E-state index contributed by atoms with van der Waals surface area (Å²) in [6.45, 7) is 1.97. The summed E-state index contributed by atoms with van der Waals surface area (Å²) in [5, 5.41) is 13.8. The first-order valence-corrected chi connectivity index (χ1v) is 11.3. The molecule has 1 aliphatic rings. The Balaban J connectivity index is 0.00000289. The first-order chi connectivity index (χ1) is 16.5. The topological polar surface area (TPSA) is 88.7 Å². The average Bonchev–Trinajstić information content (AvgIpc) is 3.51. The molecule has 7 nitrogen and oxygen atoms in total. The van der Waals surface area contributed by atoms with Crippen molar-refractivity contribution in [1.29, 1.82) is 0 Å². The van der Waals surface area contributed by atoms with Gasteiger partial charge in [-0.1, -0.05) is 41.0 Å². The molecule has 1 aliphatic heterocycles. The number of aliphatic carboxylic acids is 1. The van der Waals surface area contributed by atoms with E-state index in [1.54, 1.807) is 0 Å². The van der Waals surface area contributed by atoms with Crippen molar-refractivity contribution in [1.82, 2.24) is 15.0 Å². The summed E-state index contributed by atoms with van der Waals surface area (Å²) in [4.78, 5) is 17.8. The molecule has 0 bridgehead atoms. The average molecular weight is 512 g/mol. The fourth-order valence-electron chi connectivity index (χ4n) is 4.01. The molecule has 5 rings (SSSR count). The zero-order valence-electron chi connectivity index (χ0n) is 18.6. The number of carboxylic acid groups (broad SMARTS) is 1. The Bertz CT molecular complexity index is 1300. The SMILES string of the molecule is Cl.O=C(O)C1CCN(Cc2ccc(-c3noc(-c4ccc(Oc5ccccc5)cc4)n3)c(Cl)c2)C1. The maximum Gasteiger partial charge on any atom is 0.307 e. The lowest BCUT2D eigenvalue weighted by Crippen LogP contribution is -2.22. The first kappa shape index (κ1) is 24.7. The Morgan fingerprint density at radius 1 is 1.09 bits per heavy atom. The Kier molecular flexibility index (Phi) is 7.70. The van der Waals surface area contributed by atoms with Crippen LogP contribution in [0.5, 0.6) is 11.5 Å². The van der Waals surface area contributed by atoms with Crippen LogP contribution in [0.15, 0.2) is 77.3 Å². The van der Waals surface area contributed by atoms with E-state index in [0.717, 1.165) is 23.4 Å². The molecule has 1 aromatic heterocycles. The number of para-hydroxylation sites is 1. The zero-order valence-corrected chi connectivity index (χ0v) is 20.2. The fraction of sp³-hybridized carbons (Fsp3) is 0.192. The Labute approximate surface area is 213 Å². The maximum absolute atomic E-state index is 11.2. The molecule has 4 aromatic rings.